The van der Waals surface area contributed by atoms with Crippen molar-refractivity contribution in [2.45, 2.75) is 32.5 Å². The summed E-state index contributed by atoms with van der Waals surface area (Å²) in [6, 6.07) is 12.7. The van der Waals surface area contributed by atoms with E-state index in [9.17, 15) is 9.90 Å². The summed E-state index contributed by atoms with van der Waals surface area (Å²) in [6.45, 7) is 4.37. The number of halogens is 1. The fraction of sp³-hybridized carbons (Fsp3) is 0.316. The average molecular weight is 349 g/mol. The van der Waals surface area contributed by atoms with Gasteiger partial charge in [-0.15, -0.1) is 0 Å². The van der Waals surface area contributed by atoms with Crippen molar-refractivity contribution < 1.29 is 19.4 Å². The second kappa shape index (κ2) is 8.18. The maximum atomic E-state index is 11.6. The summed E-state index contributed by atoms with van der Waals surface area (Å²) in [5, 5.41) is 10.6. The first kappa shape index (κ1) is 18.3. The third-order valence-corrected chi connectivity index (χ3v) is 3.98. The first-order chi connectivity index (χ1) is 11.4. The van der Waals surface area contributed by atoms with Gasteiger partial charge in [0.05, 0.1) is 7.11 Å². The van der Waals surface area contributed by atoms with Crippen molar-refractivity contribution in [2.75, 3.05) is 7.11 Å². The van der Waals surface area contributed by atoms with Gasteiger partial charge in [0.25, 0.3) is 0 Å². The topological polar surface area (TPSA) is 55.8 Å². The summed E-state index contributed by atoms with van der Waals surface area (Å²) >= 11 is 6.05. The molecule has 1 N–H and O–H groups in total. The second-order valence-electron chi connectivity index (χ2n) is 5.75. The molecule has 1 unspecified atom stereocenters. The van der Waals surface area contributed by atoms with Gasteiger partial charge in [0.1, 0.15) is 12.4 Å². The Balaban J connectivity index is 2.27. The summed E-state index contributed by atoms with van der Waals surface area (Å²) in [4.78, 5) is 11.6. The van der Waals surface area contributed by atoms with Crippen LogP contribution in [0.4, 0.5) is 0 Å². The van der Waals surface area contributed by atoms with Crippen LogP contribution in [-0.4, -0.2) is 18.2 Å². The van der Waals surface area contributed by atoms with E-state index < -0.39 is 12.1 Å². The van der Waals surface area contributed by atoms with Gasteiger partial charge in [-0.2, -0.15) is 0 Å². The molecule has 0 amide bonds. The number of esters is 1. The van der Waals surface area contributed by atoms with Crippen LogP contribution in [0.2, 0.25) is 5.02 Å². The van der Waals surface area contributed by atoms with Gasteiger partial charge in [-0.3, -0.25) is 0 Å². The van der Waals surface area contributed by atoms with Crippen molar-refractivity contribution in [1.82, 2.24) is 0 Å². The largest absolute Gasteiger partial charge is 0.489 e. The van der Waals surface area contributed by atoms with E-state index >= 15 is 0 Å². The molecule has 0 bridgehead atoms. The maximum absolute atomic E-state index is 11.6. The lowest BCUT2D eigenvalue weighted by Gasteiger charge is -2.17. The summed E-state index contributed by atoms with van der Waals surface area (Å²) in [5.41, 5.74) is 2.15. The summed E-state index contributed by atoms with van der Waals surface area (Å²) in [5.74, 6) is 0.368. The molecule has 24 heavy (non-hydrogen) atoms. The minimum atomic E-state index is -1.37. The highest BCUT2D eigenvalue weighted by atomic mass is 35.5. The first-order valence-electron chi connectivity index (χ1n) is 7.70. The zero-order valence-electron chi connectivity index (χ0n) is 14.0. The van der Waals surface area contributed by atoms with Crippen LogP contribution >= 0.6 is 11.6 Å². The van der Waals surface area contributed by atoms with Crippen molar-refractivity contribution in [3.8, 4) is 5.75 Å². The Labute approximate surface area is 147 Å². The van der Waals surface area contributed by atoms with Crippen LogP contribution in [0.1, 0.15) is 42.6 Å². The lowest BCUT2D eigenvalue weighted by Crippen LogP contribution is -2.16. The van der Waals surface area contributed by atoms with E-state index in [0.29, 0.717) is 22.1 Å². The number of hydrogen-bond acceptors (Lipinski definition) is 4. The van der Waals surface area contributed by atoms with Crippen LogP contribution in [0.5, 0.6) is 5.75 Å². The third kappa shape index (κ3) is 4.28. The molecule has 0 heterocycles. The molecule has 0 spiro atoms. The molecule has 2 rings (SSSR count). The zero-order chi connectivity index (χ0) is 17.7. The number of hydrogen-bond donors (Lipinski definition) is 1. The highest BCUT2D eigenvalue weighted by Crippen LogP contribution is 2.29. The first-order valence-corrected chi connectivity index (χ1v) is 8.07. The van der Waals surface area contributed by atoms with Crippen molar-refractivity contribution in [1.29, 1.82) is 0 Å². The van der Waals surface area contributed by atoms with Gasteiger partial charge >= 0.3 is 5.97 Å². The third-order valence-electron chi connectivity index (χ3n) is 3.75. The van der Waals surface area contributed by atoms with Gasteiger partial charge in [-0.1, -0.05) is 49.7 Å². The standard InChI is InChI=1S/C19H21ClO4/c1-12(2)15-6-4-5-7-17(15)24-11-13-10-14(20)8-9-16(13)18(21)19(22)23-3/h4-10,12,18,21H,11H2,1-3H3. The number of carbonyl (C=O) groups is 1. The van der Waals surface area contributed by atoms with E-state index in [4.69, 9.17) is 16.3 Å². The molecule has 1 atom stereocenters. The second-order valence-corrected chi connectivity index (χ2v) is 6.19. The molecule has 0 saturated heterocycles. The molecule has 0 aromatic heterocycles. The van der Waals surface area contributed by atoms with E-state index in [1.54, 1.807) is 18.2 Å². The van der Waals surface area contributed by atoms with Gasteiger partial charge in [-0.25, -0.2) is 4.79 Å². The van der Waals surface area contributed by atoms with Crippen molar-refractivity contribution in [3.05, 3.63) is 64.2 Å². The van der Waals surface area contributed by atoms with Gasteiger partial charge < -0.3 is 14.6 Å². The molecule has 0 radical (unpaired) electrons. The van der Waals surface area contributed by atoms with Gasteiger partial charge in [0, 0.05) is 5.02 Å². The molecule has 0 aliphatic carbocycles. The molecule has 0 aliphatic heterocycles. The summed E-state index contributed by atoms with van der Waals surface area (Å²) in [7, 11) is 1.23. The van der Waals surface area contributed by atoms with Crippen LogP contribution in [-0.2, 0) is 16.1 Å². The SMILES string of the molecule is COC(=O)C(O)c1ccc(Cl)cc1COc1ccccc1C(C)C. The van der Waals surface area contributed by atoms with Crippen LogP contribution in [0.25, 0.3) is 0 Å². The zero-order valence-corrected chi connectivity index (χ0v) is 14.7. The predicted octanol–water partition coefficient (Wildman–Crippen LogP) is 4.25. The molecule has 0 fully saturated rings. The van der Waals surface area contributed by atoms with Crippen molar-refractivity contribution in [2.24, 2.45) is 0 Å². The smallest absolute Gasteiger partial charge is 0.339 e. The van der Waals surface area contributed by atoms with Gasteiger partial charge in [-0.05, 0) is 40.8 Å². The monoisotopic (exact) mass is 348 g/mol. The Morgan fingerprint density at radius 1 is 1.17 bits per heavy atom. The van der Waals surface area contributed by atoms with E-state index in [2.05, 4.69) is 18.6 Å². The number of para-hydroxylation sites is 1. The van der Waals surface area contributed by atoms with Gasteiger partial charge in [0.15, 0.2) is 6.10 Å². The van der Waals surface area contributed by atoms with Crippen molar-refractivity contribution in [3.63, 3.8) is 0 Å². The fourth-order valence-electron chi connectivity index (χ4n) is 2.45. The lowest BCUT2D eigenvalue weighted by atomic mass is 10.0. The normalized spacial score (nSPS) is 12.1. The molecular formula is C19H21ClO4. The molecule has 0 saturated carbocycles. The van der Waals surface area contributed by atoms with E-state index in [-0.39, 0.29) is 6.61 Å². The number of aliphatic hydroxyl groups excluding tert-OH is 1. The van der Waals surface area contributed by atoms with E-state index in [0.717, 1.165) is 11.3 Å². The molecule has 0 aliphatic rings. The molecule has 128 valence electrons. The van der Waals surface area contributed by atoms with Gasteiger partial charge in [0.2, 0.25) is 0 Å². The Morgan fingerprint density at radius 3 is 2.54 bits per heavy atom. The fourth-order valence-corrected chi connectivity index (χ4v) is 2.64. The number of benzene rings is 2. The highest BCUT2D eigenvalue weighted by molar-refractivity contribution is 6.30. The Kier molecular flexibility index (Phi) is 6.23. The Morgan fingerprint density at radius 2 is 1.88 bits per heavy atom. The van der Waals surface area contributed by atoms with E-state index in [1.807, 2.05) is 24.3 Å². The lowest BCUT2D eigenvalue weighted by molar-refractivity contribution is -0.150. The summed E-state index contributed by atoms with van der Waals surface area (Å²) in [6.07, 6.45) is -1.37. The van der Waals surface area contributed by atoms with Crippen LogP contribution in [0.15, 0.2) is 42.5 Å². The van der Waals surface area contributed by atoms with Crippen LogP contribution in [0, 0.1) is 0 Å². The molecule has 2 aromatic rings. The van der Waals surface area contributed by atoms with Crippen LogP contribution in [0.3, 0.4) is 0 Å². The quantitative estimate of drug-likeness (QED) is 0.793. The Bertz CT molecular complexity index is 712. The summed E-state index contributed by atoms with van der Waals surface area (Å²) < 4.78 is 10.5. The molecule has 2 aromatic carbocycles. The number of aliphatic hydroxyl groups is 1. The van der Waals surface area contributed by atoms with Crippen LogP contribution < -0.4 is 4.74 Å². The predicted molar refractivity (Wildman–Crippen MR) is 93.3 cm³/mol. The number of carbonyl (C=O) groups excluding carboxylic acids is 1. The number of ether oxygens (including phenoxy) is 2. The van der Waals surface area contributed by atoms with E-state index in [1.165, 1.54) is 7.11 Å². The number of methoxy groups -OCH3 is 1. The van der Waals surface area contributed by atoms with Crippen molar-refractivity contribution >= 4 is 17.6 Å². The molecular weight excluding hydrogens is 328 g/mol. The Hall–Kier alpha value is -2.04. The molecule has 5 heteroatoms. The minimum absolute atomic E-state index is 0.188. The minimum Gasteiger partial charge on any atom is -0.489 e. The molecule has 4 nitrogen and oxygen atoms in total. The average Bonchev–Trinajstić information content (AvgIpc) is 2.58. The maximum Gasteiger partial charge on any atom is 0.339 e. The number of rotatable bonds is 6. The highest BCUT2D eigenvalue weighted by Gasteiger charge is 2.21.